The lowest BCUT2D eigenvalue weighted by Crippen LogP contribution is -2.27. The largest absolute Gasteiger partial charge is 0.456 e. The number of ether oxygens (including phenoxy) is 1. The lowest BCUT2D eigenvalue weighted by Gasteiger charge is -2.26. The number of allylic oxidation sites excluding steroid dienone is 3. The summed E-state index contributed by atoms with van der Waals surface area (Å²) in [6.45, 7) is 0. The van der Waals surface area contributed by atoms with Crippen molar-refractivity contribution in [2.75, 3.05) is 0 Å². The van der Waals surface area contributed by atoms with E-state index in [9.17, 15) is 24.5 Å². The van der Waals surface area contributed by atoms with Crippen LogP contribution in [0.1, 0.15) is 25.7 Å². The van der Waals surface area contributed by atoms with E-state index in [0.717, 1.165) is 0 Å². The molecule has 0 saturated carbocycles. The molecule has 0 fully saturated rings. The Labute approximate surface area is 108 Å². The van der Waals surface area contributed by atoms with Crippen molar-refractivity contribution in [3.8, 4) is 0 Å². The average molecular weight is 265 g/mol. The molecule has 0 aromatic rings. The van der Waals surface area contributed by atoms with Crippen molar-refractivity contribution in [3.05, 3.63) is 33.0 Å². The molecular formula is C12H11NO6. The fourth-order valence-electron chi connectivity index (χ4n) is 2.33. The maximum absolute atomic E-state index is 11.8. The Hall–Kier alpha value is -2.31. The number of hydrogen-bond acceptors (Lipinski definition) is 6. The van der Waals surface area contributed by atoms with Crippen LogP contribution in [0.2, 0.25) is 0 Å². The van der Waals surface area contributed by atoms with Gasteiger partial charge in [-0.2, -0.15) is 0 Å². The van der Waals surface area contributed by atoms with Crippen LogP contribution in [-0.2, 0) is 19.1 Å². The number of Topliss-reactive ketones (excluding diaryl/α,β-unsaturated/α-hetero) is 1. The molecule has 7 heteroatoms. The second-order valence-electron chi connectivity index (χ2n) is 4.42. The van der Waals surface area contributed by atoms with E-state index in [1.807, 2.05) is 0 Å². The Kier molecular flexibility index (Phi) is 3.55. The summed E-state index contributed by atoms with van der Waals surface area (Å²) < 4.78 is 4.87. The fourth-order valence-corrected chi connectivity index (χ4v) is 2.33. The lowest BCUT2D eigenvalue weighted by molar-refractivity contribution is -0.426. The van der Waals surface area contributed by atoms with Gasteiger partial charge in [-0.3, -0.25) is 19.7 Å². The van der Waals surface area contributed by atoms with Gasteiger partial charge in [0, 0.05) is 12.5 Å². The Morgan fingerprint density at radius 3 is 2.89 bits per heavy atom. The van der Waals surface area contributed by atoms with Crippen molar-refractivity contribution in [2.24, 2.45) is 0 Å². The van der Waals surface area contributed by atoms with E-state index in [0.29, 0.717) is 24.0 Å². The summed E-state index contributed by atoms with van der Waals surface area (Å²) in [6.07, 6.45) is 1.85. The fraction of sp³-hybridized carbons (Fsp3) is 0.417. The highest BCUT2D eigenvalue weighted by molar-refractivity contribution is 6.20. The number of ketones is 1. The Morgan fingerprint density at radius 1 is 1.53 bits per heavy atom. The monoisotopic (exact) mass is 265 g/mol. The van der Waals surface area contributed by atoms with E-state index < -0.39 is 17.0 Å². The number of nitrogens with zero attached hydrogens (tertiary/aromatic N) is 1. The summed E-state index contributed by atoms with van der Waals surface area (Å²) in [5.41, 5.74) is 0.966. The maximum Gasteiger partial charge on any atom is 0.371 e. The second kappa shape index (κ2) is 5.13. The van der Waals surface area contributed by atoms with Crippen molar-refractivity contribution < 1.29 is 24.0 Å². The van der Waals surface area contributed by atoms with Crippen LogP contribution in [0.5, 0.6) is 0 Å². The van der Waals surface area contributed by atoms with E-state index in [1.165, 1.54) is 6.08 Å². The van der Waals surface area contributed by atoms with Crippen molar-refractivity contribution in [1.29, 1.82) is 0 Å². The third-order valence-corrected chi connectivity index (χ3v) is 3.18. The molecule has 0 bridgehead atoms. The predicted molar refractivity (Wildman–Crippen MR) is 61.5 cm³/mol. The van der Waals surface area contributed by atoms with Gasteiger partial charge >= 0.3 is 5.97 Å². The Balaban J connectivity index is 2.19. The second-order valence-corrected chi connectivity index (χ2v) is 4.42. The first kappa shape index (κ1) is 13.1. The molecule has 0 aliphatic heterocycles. The van der Waals surface area contributed by atoms with Crippen LogP contribution in [0.3, 0.4) is 0 Å². The minimum atomic E-state index is -0.963. The number of esters is 1. The molecule has 2 rings (SSSR count). The zero-order valence-electron chi connectivity index (χ0n) is 9.96. The van der Waals surface area contributed by atoms with Crippen molar-refractivity contribution in [2.45, 2.75) is 31.8 Å². The van der Waals surface area contributed by atoms with E-state index in [4.69, 9.17) is 4.74 Å². The van der Waals surface area contributed by atoms with Crippen LogP contribution in [0.4, 0.5) is 0 Å². The van der Waals surface area contributed by atoms with E-state index in [-0.39, 0.29) is 30.6 Å². The molecule has 2 aliphatic carbocycles. The average Bonchev–Trinajstić information content (AvgIpc) is 2.38. The van der Waals surface area contributed by atoms with E-state index in [1.54, 1.807) is 0 Å². The summed E-state index contributed by atoms with van der Waals surface area (Å²) in [5, 5.41) is 10.7. The number of rotatable bonds is 3. The molecule has 19 heavy (non-hydrogen) atoms. The van der Waals surface area contributed by atoms with Gasteiger partial charge in [-0.05, 0) is 24.0 Å². The molecule has 0 aromatic heterocycles. The molecule has 100 valence electrons. The van der Waals surface area contributed by atoms with Gasteiger partial charge in [0.15, 0.2) is 5.78 Å². The topological polar surface area (TPSA) is 104 Å². The number of aldehydes is 1. The zero-order chi connectivity index (χ0) is 14.0. The maximum atomic E-state index is 11.8. The highest BCUT2D eigenvalue weighted by Gasteiger charge is 2.32. The van der Waals surface area contributed by atoms with Crippen molar-refractivity contribution in [1.82, 2.24) is 0 Å². The van der Waals surface area contributed by atoms with Crippen LogP contribution in [0.25, 0.3) is 0 Å². The quantitative estimate of drug-likeness (QED) is 0.245. The predicted octanol–water partition coefficient (Wildman–Crippen LogP) is 0.711. The Morgan fingerprint density at radius 2 is 2.26 bits per heavy atom. The highest BCUT2D eigenvalue weighted by Crippen LogP contribution is 2.33. The molecule has 0 amide bonds. The van der Waals surface area contributed by atoms with Crippen molar-refractivity contribution >= 4 is 18.0 Å². The molecule has 0 heterocycles. The van der Waals surface area contributed by atoms with Gasteiger partial charge in [0.2, 0.25) is 6.29 Å². The third kappa shape index (κ3) is 2.75. The number of carbonyl (C=O) groups excluding carboxylic acids is 3. The summed E-state index contributed by atoms with van der Waals surface area (Å²) in [7, 11) is 0. The summed E-state index contributed by atoms with van der Waals surface area (Å²) >= 11 is 0. The minimum absolute atomic E-state index is 0.0776. The molecule has 1 atom stereocenters. The van der Waals surface area contributed by atoms with Crippen LogP contribution in [0, 0.1) is 10.1 Å². The van der Waals surface area contributed by atoms with E-state index in [2.05, 4.69) is 0 Å². The summed E-state index contributed by atoms with van der Waals surface area (Å²) in [6, 6.07) is 0. The van der Waals surface area contributed by atoms with Gasteiger partial charge in [0.05, 0.1) is 4.92 Å². The highest BCUT2D eigenvalue weighted by atomic mass is 16.6. The zero-order valence-corrected chi connectivity index (χ0v) is 9.96. The van der Waals surface area contributed by atoms with Gasteiger partial charge < -0.3 is 4.74 Å². The van der Waals surface area contributed by atoms with Crippen LogP contribution in [0.15, 0.2) is 22.9 Å². The Bertz CT molecular complexity index is 530. The van der Waals surface area contributed by atoms with Crippen LogP contribution in [-0.4, -0.2) is 29.1 Å². The molecule has 0 spiro atoms. The number of carbonyl (C=O) groups is 3. The van der Waals surface area contributed by atoms with Gasteiger partial charge in [0.25, 0.3) is 5.70 Å². The SMILES string of the molecule is O=CC(=O)OC1CCC2=C(C=C([N+](=O)[O-])CC2=O)C1. The standard InChI is InChI=1S/C12H11NO6/c14-6-12(16)19-9-1-2-10-7(4-9)3-8(13(17)18)5-11(10)15/h3,6,9H,1-2,4-5H2. The third-order valence-electron chi connectivity index (χ3n) is 3.18. The number of hydrogen-bond donors (Lipinski definition) is 0. The molecule has 0 saturated heterocycles. The molecule has 1 unspecified atom stereocenters. The van der Waals surface area contributed by atoms with Gasteiger partial charge in [-0.25, -0.2) is 4.79 Å². The smallest absolute Gasteiger partial charge is 0.371 e. The normalized spacial score (nSPS) is 22.4. The number of nitro groups is 1. The molecule has 0 radical (unpaired) electrons. The minimum Gasteiger partial charge on any atom is -0.456 e. The molecule has 7 nitrogen and oxygen atoms in total. The summed E-state index contributed by atoms with van der Waals surface area (Å²) in [5.74, 6) is -1.21. The molecule has 0 N–H and O–H groups in total. The first-order chi connectivity index (χ1) is 9.01. The van der Waals surface area contributed by atoms with Gasteiger partial charge in [0.1, 0.15) is 12.5 Å². The first-order valence-corrected chi connectivity index (χ1v) is 5.77. The molecule has 2 aliphatic rings. The van der Waals surface area contributed by atoms with Crippen LogP contribution < -0.4 is 0 Å². The lowest BCUT2D eigenvalue weighted by atomic mass is 9.83. The molecule has 0 aromatic carbocycles. The summed E-state index contributed by atoms with van der Waals surface area (Å²) in [4.78, 5) is 43.0. The van der Waals surface area contributed by atoms with Crippen molar-refractivity contribution in [3.63, 3.8) is 0 Å². The van der Waals surface area contributed by atoms with Crippen LogP contribution >= 0.6 is 0 Å². The van der Waals surface area contributed by atoms with Gasteiger partial charge in [-0.1, -0.05) is 0 Å². The van der Waals surface area contributed by atoms with E-state index >= 15 is 0 Å². The molecular weight excluding hydrogens is 254 g/mol. The first-order valence-electron chi connectivity index (χ1n) is 5.77. The van der Waals surface area contributed by atoms with Gasteiger partial charge in [-0.15, -0.1) is 0 Å².